The standard InChI is InChI=1S/C14H19NO3/c1-10(16)15-7-5-11-6-8-18-14-4-3-12(17-2)9-13(11)14/h3-4,9,11H,5-8H2,1-2H3,(H,15,16). The number of carbonyl (C=O) groups is 1. The van der Waals surface area contributed by atoms with Crippen LogP contribution in [0.25, 0.3) is 0 Å². The van der Waals surface area contributed by atoms with E-state index in [-0.39, 0.29) is 5.91 Å². The summed E-state index contributed by atoms with van der Waals surface area (Å²) < 4.78 is 10.9. The van der Waals surface area contributed by atoms with Gasteiger partial charge in [-0.3, -0.25) is 4.79 Å². The maximum atomic E-state index is 10.9. The molecule has 1 heterocycles. The highest BCUT2D eigenvalue weighted by Crippen LogP contribution is 2.37. The highest BCUT2D eigenvalue weighted by atomic mass is 16.5. The van der Waals surface area contributed by atoms with E-state index in [0.29, 0.717) is 12.5 Å². The number of amides is 1. The molecule has 0 aliphatic carbocycles. The minimum absolute atomic E-state index is 0.0212. The first-order valence-corrected chi connectivity index (χ1v) is 6.26. The molecule has 0 saturated heterocycles. The molecule has 1 aliphatic heterocycles. The van der Waals surface area contributed by atoms with E-state index in [1.807, 2.05) is 18.2 Å². The number of benzene rings is 1. The molecule has 1 amide bonds. The summed E-state index contributed by atoms with van der Waals surface area (Å²) in [5, 5.41) is 2.84. The fourth-order valence-corrected chi connectivity index (χ4v) is 2.29. The Balaban J connectivity index is 2.08. The predicted molar refractivity (Wildman–Crippen MR) is 69.1 cm³/mol. The first-order valence-electron chi connectivity index (χ1n) is 6.26. The summed E-state index contributed by atoms with van der Waals surface area (Å²) in [5.74, 6) is 2.24. The van der Waals surface area contributed by atoms with Gasteiger partial charge in [-0.1, -0.05) is 0 Å². The molecular weight excluding hydrogens is 230 g/mol. The molecule has 0 bridgehead atoms. The molecule has 18 heavy (non-hydrogen) atoms. The molecule has 0 aromatic heterocycles. The third-order valence-electron chi connectivity index (χ3n) is 3.25. The summed E-state index contributed by atoms with van der Waals surface area (Å²) in [4.78, 5) is 10.9. The average molecular weight is 249 g/mol. The van der Waals surface area contributed by atoms with E-state index in [4.69, 9.17) is 9.47 Å². The van der Waals surface area contributed by atoms with Crippen LogP contribution < -0.4 is 14.8 Å². The van der Waals surface area contributed by atoms with Crippen molar-refractivity contribution >= 4 is 5.91 Å². The largest absolute Gasteiger partial charge is 0.497 e. The van der Waals surface area contributed by atoms with Crippen molar-refractivity contribution in [1.82, 2.24) is 5.32 Å². The Bertz CT molecular complexity index is 431. The van der Waals surface area contributed by atoms with Crippen molar-refractivity contribution in [2.24, 2.45) is 0 Å². The number of rotatable bonds is 4. The zero-order valence-corrected chi connectivity index (χ0v) is 10.9. The summed E-state index contributed by atoms with van der Waals surface area (Å²) in [6.07, 6.45) is 1.92. The Kier molecular flexibility index (Phi) is 4.07. The summed E-state index contributed by atoms with van der Waals surface area (Å²) in [5.41, 5.74) is 1.19. The van der Waals surface area contributed by atoms with Gasteiger partial charge in [-0.15, -0.1) is 0 Å². The molecule has 2 rings (SSSR count). The van der Waals surface area contributed by atoms with Crippen LogP contribution in [-0.4, -0.2) is 26.2 Å². The molecule has 1 unspecified atom stereocenters. The van der Waals surface area contributed by atoms with Crippen LogP contribution in [0.1, 0.15) is 31.2 Å². The van der Waals surface area contributed by atoms with Gasteiger partial charge in [0.25, 0.3) is 0 Å². The van der Waals surface area contributed by atoms with E-state index in [2.05, 4.69) is 5.32 Å². The summed E-state index contributed by atoms with van der Waals surface area (Å²) in [6, 6.07) is 5.90. The molecule has 0 spiro atoms. The zero-order valence-electron chi connectivity index (χ0n) is 10.9. The molecular formula is C14H19NO3. The summed E-state index contributed by atoms with van der Waals surface area (Å²) in [7, 11) is 1.66. The topological polar surface area (TPSA) is 47.6 Å². The van der Waals surface area contributed by atoms with Crippen molar-refractivity contribution < 1.29 is 14.3 Å². The normalized spacial score (nSPS) is 17.6. The van der Waals surface area contributed by atoms with Gasteiger partial charge in [0.1, 0.15) is 11.5 Å². The lowest BCUT2D eigenvalue weighted by molar-refractivity contribution is -0.118. The maximum Gasteiger partial charge on any atom is 0.216 e. The van der Waals surface area contributed by atoms with Crippen LogP contribution in [0.5, 0.6) is 11.5 Å². The lowest BCUT2D eigenvalue weighted by Crippen LogP contribution is -2.24. The van der Waals surface area contributed by atoms with Crippen molar-refractivity contribution in [3.05, 3.63) is 23.8 Å². The fraction of sp³-hybridized carbons (Fsp3) is 0.500. The van der Waals surface area contributed by atoms with Crippen molar-refractivity contribution in [2.45, 2.75) is 25.7 Å². The fourth-order valence-electron chi connectivity index (χ4n) is 2.29. The lowest BCUT2D eigenvalue weighted by atomic mass is 9.90. The molecule has 0 radical (unpaired) electrons. The van der Waals surface area contributed by atoms with Gasteiger partial charge in [-0.2, -0.15) is 0 Å². The molecule has 1 aromatic rings. The van der Waals surface area contributed by atoms with E-state index in [9.17, 15) is 4.79 Å². The number of hydrogen-bond donors (Lipinski definition) is 1. The summed E-state index contributed by atoms with van der Waals surface area (Å²) >= 11 is 0. The second kappa shape index (κ2) is 5.76. The second-order valence-corrected chi connectivity index (χ2v) is 4.51. The van der Waals surface area contributed by atoms with Gasteiger partial charge in [-0.05, 0) is 37.0 Å². The van der Waals surface area contributed by atoms with E-state index in [1.54, 1.807) is 14.0 Å². The lowest BCUT2D eigenvalue weighted by Gasteiger charge is -2.26. The van der Waals surface area contributed by atoms with E-state index in [1.165, 1.54) is 5.56 Å². The molecule has 1 atom stereocenters. The Hall–Kier alpha value is -1.71. The van der Waals surface area contributed by atoms with Crippen molar-refractivity contribution in [1.29, 1.82) is 0 Å². The van der Waals surface area contributed by atoms with Gasteiger partial charge in [-0.25, -0.2) is 0 Å². The van der Waals surface area contributed by atoms with Gasteiger partial charge >= 0.3 is 0 Å². The van der Waals surface area contributed by atoms with Crippen molar-refractivity contribution in [2.75, 3.05) is 20.3 Å². The monoisotopic (exact) mass is 249 g/mol. The molecule has 4 nitrogen and oxygen atoms in total. The first-order chi connectivity index (χ1) is 8.70. The minimum Gasteiger partial charge on any atom is -0.497 e. The van der Waals surface area contributed by atoms with Crippen LogP contribution in [0.15, 0.2) is 18.2 Å². The number of carbonyl (C=O) groups excluding carboxylic acids is 1. The van der Waals surface area contributed by atoms with Crippen LogP contribution in [-0.2, 0) is 4.79 Å². The van der Waals surface area contributed by atoms with Gasteiger partial charge in [0.05, 0.1) is 13.7 Å². The third kappa shape index (κ3) is 2.94. The maximum absolute atomic E-state index is 10.9. The van der Waals surface area contributed by atoms with Crippen LogP contribution in [0.2, 0.25) is 0 Å². The Labute approximate surface area is 107 Å². The van der Waals surface area contributed by atoms with E-state index >= 15 is 0 Å². The number of ether oxygens (including phenoxy) is 2. The quantitative estimate of drug-likeness (QED) is 0.888. The highest BCUT2D eigenvalue weighted by Gasteiger charge is 2.21. The highest BCUT2D eigenvalue weighted by molar-refractivity contribution is 5.72. The average Bonchev–Trinajstić information content (AvgIpc) is 2.38. The van der Waals surface area contributed by atoms with Gasteiger partial charge in [0.15, 0.2) is 0 Å². The Morgan fingerprint density at radius 1 is 1.56 bits per heavy atom. The van der Waals surface area contributed by atoms with Gasteiger partial charge in [0, 0.05) is 19.0 Å². The number of fused-ring (bicyclic) bond motifs is 1. The van der Waals surface area contributed by atoms with Crippen molar-refractivity contribution in [3.8, 4) is 11.5 Å². The minimum atomic E-state index is 0.0212. The SMILES string of the molecule is COc1ccc2c(c1)C(CCNC(C)=O)CCO2. The molecule has 1 aliphatic rings. The van der Waals surface area contributed by atoms with E-state index in [0.717, 1.165) is 30.9 Å². The molecule has 4 heteroatoms. The van der Waals surface area contributed by atoms with Gasteiger partial charge < -0.3 is 14.8 Å². The molecule has 0 fully saturated rings. The predicted octanol–water partition coefficient (Wildman–Crippen LogP) is 2.09. The first kappa shape index (κ1) is 12.7. The zero-order chi connectivity index (χ0) is 13.0. The van der Waals surface area contributed by atoms with Crippen LogP contribution in [0.4, 0.5) is 0 Å². The molecule has 1 aromatic carbocycles. The van der Waals surface area contributed by atoms with Gasteiger partial charge in [0.2, 0.25) is 5.91 Å². The smallest absolute Gasteiger partial charge is 0.216 e. The Morgan fingerprint density at radius 3 is 3.11 bits per heavy atom. The van der Waals surface area contributed by atoms with E-state index < -0.39 is 0 Å². The second-order valence-electron chi connectivity index (χ2n) is 4.51. The third-order valence-corrected chi connectivity index (χ3v) is 3.25. The van der Waals surface area contributed by atoms with Crippen molar-refractivity contribution in [3.63, 3.8) is 0 Å². The number of hydrogen-bond acceptors (Lipinski definition) is 3. The number of nitrogens with one attached hydrogen (secondary N) is 1. The van der Waals surface area contributed by atoms with Crippen LogP contribution >= 0.6 is 0 Å². The molecule has 98 valence electrons. The number of methoxy groups -OCH3 is 1. The van der Waals surface area contributed by atoms with Crippen LogP contribution in [0, 0.1) is 0 Å². The summed E-state index contributed by atoms with van der Waals surface area (Å²) in [6.45, 7) is 2.99. The molecule has 0 saturated carbocycles. The molecule has 1 N–H and O–H groups in total. The Morgan fingerprint density at radius 2 is 2.39 bits per heavy atom. The van der Waals surface area contributed by atoms with Crippen LogP contribution in [0.3, 0.4) is 0 Å².